The fraction of sp³-hybridized carbons (Fsp3) is 0.583. The van der Waals surface area contributed by atoms with E-state index in [0.29, 0.717) is 0 Å². The molecule has 0 saturated carbocycles. The largest absolute Gasteiger partial charge is 0.395 e. The zero-order chi connectivity index (χ0) is 11.8. The van der Waals surface area contributed by atoms with Gasteiger partial charge in [0.05, 0.1) is 6.61 Å². The summed E-state index contributed by atoms with van der Waals surface area (Å²) < 4.78 is 0. The summed E-state index contributed by atoms with van der Waals surface area (Å²) in [5.74, 6) is 0. The monoisotopic (exact) mass is 223 g/mol. The van der Waals surface area contributed by atoms with Crippen molar-refractivity contribution in [2.24, 2.45) is 5.73 Å². The molecule has 0 spiro atoms. The van der Waals surface area contributed by atoms with Gasteiger partial charge in [-0.2, -0.15) is 0 Å². The van der Waals surface area contributed by atoms with Crippen molar-refractivity contribution >= 4 is 0 Å². The molecule has 1 atom stereocenters. The van der Waals surface area contributed by atoms with Crippen molar-refractivity contribution in [3.8, 4) is 0 Å². The first-order valence-corrected chi connectivity index (χ1v) is 5.66. The number of nitrogens with two attached hydrogens (primary N) is 1. The molecule has 0 saturated heterocycles. The van der Waals surface area contributed by atoms with Crippen molar-refractivity contribution in [3.63, 3.8) is 0 Å². The lowest BCUT2D eigenvalue weighted by Gasteiger charge is -2.18. The summed E-state index contributed by atoms with van der Waals surface area (Å²) in [5.41, 5.74) is 6.94. The van der Waals surface area contributed by atoms with Gasteiger partial charge in [-0.05, 0) is 44.1 Å². The molecule has 1 rings (SSSR count). The van der Waals surface area contributed by atoms with E-state index in [-0.39, 0.29) is 12.6 Å². The average molecular weight is 223 g/mol. The number of hydrogen-bond acceptors (Lipinski definition) is 4. The second-order valence-corrected chi connectivity index (χ2v) is 4.14. The van der Waals surface area contributed by atoms with Crippen LogP contribution in [0.4, 0.5) is 0 Å². The van der Waals surface area contributed by atoms with Crippen LogP contribution in [0.5, 0.6) is 0 Å². The molecular formula is C12H21N3O. The van der Waals surface area contributed by atoms with E-state index in [1.165, 1.54) is 5.56 Å². The molecule has 0 bridgehead atoms. The van der Waals surface area contributed by atoms with Gasteiger partial charge in [0, 0.05) is 25.0 Å². The van der Waals surface area contributed by atoms with E-state index in [4.69, 9.17) is 10.8 Å². The average Bonchev–Trinajstić information content (AvgIpc) is 2.34. The standard InChI is InChI=1S/C12H21N3O/c1-15(9-5-12(13)10-16)8-4-11-2-6-14-7-3-11/h2-3,6-7,12,16H,4-5,8-10,13H2,1H3. The highest BCUT2D eigenvalue weighted by Crippen LogP contribution is 1.99. The summed E-state index contributed by atoms with van der Waals surface area (Å²) in [6, 6.07) is 3.98. The van der Waals surface area contributed by atoms with Gasteiger partial charge >= 0.3 is 0 Å². The Morgan fingerprint density at radius 3 is 2.69 bits per heavy atom. The van der Waals surface area contributed by atoms with Gasteiger partial charge in [0.2, 0.25) is 0 Å². The Morgan fingerprint density at radius 2 is 2.06 bits per heavy atom. The van der Waals surface area contributed by atoms with Crippen molar-refractivity contribution in [3.05, 3.63) is 30.1 Å². The van der Waals surface area contributed by atoms with Crippen molar-refractivity contribution in [1.29, 1.82) is 0 Å². The molecule has 4 nitrogen and oxygen atoms in total. The van der Waals surface area contributed by atoms with Gasteiger partial charge in [-0.25, -0.2) is 0 Å². The molecule has 90 valence electrons. The van der Waals surface area contributed by atoms with Crippen molar-refractivity contribution in [2.45, 2.75) is 18.9 Å². The second-order valence-electron chi connectivity index (χ2n) is 4.14. The van der Waals surface area contributed by atoms with Crippen LogP contribution in [-0.2, 0) is 6.42 Å². The summed E-state index contributed by atoms with van der Waals surface area (Å²) in [5, 5.41) is 8.81. The Kier molecular flexibility index (Phi) is 6.00. The number of nitrogens with zero attached hydrogens (tertiary/aromatic N) is 2. The van der Waals surface area contributed by atoms with Gasteiger partial charge < -0.3 is 15.7 Å². The first-order valence-electron chi connectivity index (χ1n) is 5.66. The molecule has 0 aliphatic carbocycles. The van der Waals surface area contributed by atoms with Crippen LogP contribution < -0.4 is 5.73 Å². The van der Waals surface area contributed by atoms with E-state index in [1.807, 2.05) is 24.5 Å². The quantitative estimate of drug-likeness (QED) is 0.696. The SMILES string of the molecule is CN(CCc1ccncc1)CCC(N)CO. The molecule has 0 amide bonds. The Labute approximate surface area is 97.1 Å². The van der Waals surface area contributed by atoms with Crippen LogP contribution in [0, 0.1) is 0 Å². The smallest absolute Gasteiger partial charge is 0.0583 e. The maximum Gasteiger partial charge on any atom is 0.0583 e. The van der Waals surface area contributed by atoms with Gasteiger partial charge in [-0.3, -0.25) is 4.98 Å². The van der Waals surface area contributed by atoms with E-state index < -0.39 is 0 Å². The minimum Gasteiger partial charge on any atom is -0.395 e. The Hall–Kier alpha value is -0.970. The third kappa shape index (κ3) is 5.21. The minimum atomic E-state index is -0.0941. The normalized spacial score (nSPS) is 13.0. The number of hydrogen-bond donors (Lipinski definition) is 2. The molecule has 0 fully saturated rings. The molecule has 4 heteroatoms. The topological polar surface area (TPSA) is 62.4 Å². The minimum absolute atomic E-state index is 0.0677. The number of aliphatic hydroxyl groups is 1. The zero-order valence-electron chi connectivity index (χ0n) is 9.84. The Bertz CT molecular complexity index is 279. The predicted molar refractivity (Wildman–Crippen MR) is 65.1 cm³/mol. The lowest BCUT2D eigenvalue weighted by atomic mass is 10.2. The highest BCUT2D eigenvalue weighted by Gasteiger charge is 2.03. The number of pyridine rings is 1. The molecule has 1 aromatic rings. The second kappa shape index (κ2) is 7.33. The van der Waals surface area contributed by atoms with Crippen molar-refractivity contribution < 1.29 is 5.11 Å². The molecule has 1 unspecified atom stereocenters. The van der Waals surface area contributed by atoms with Crippen molar-refractivity contribution in [1.82, 2.24) is 9.88 Å². The van der Waals surface area contributed by atoms with Gasteiger partial charge in [-0.15, -0.1) is 0 Å². The molecule has 0 radical (unpaired) electrons. The lowest BCUT2D eigenvalue weighted by molar-refractivity contribution is 0.240. The third-order valence-corrected chi connectivity index (χ3v) is 2.65. The first-order chi connectivity index (χ1) is 7.72. The summed E-state index contributed by atoms with van der Waals surface area (Å²) in [6.07, 6.45) is 5.49. The van der Waals surface area contributed by atoms with E-state index in [0.717, 1.165) is 25.9 Å². The van der Waals surface area contributed by atoms with Gasteiger partial charge in [0.1, 0.15) is 0 Å². The Balaban J connectivity index is 2.18. The summed E-state index contributed by atoms with van der Waals surface area (Å²) >= 11 is 0. The summed E-state index contributed by atoms with van der Waals surface area (Å²) in [4.78, 5) is 6.22. The summed E-state index contributed by atoms with van der Waals surface area (Å²) in [6.45, 7) is 1.99. The molecule has 1 aromatic heterocycles. The highest BCUT2D eigenvalue weighted by atomic mass is 16.3. The molecule has 0 aromatic carbocycles. The van der Waals surface area contributed by atoms with E-state index in [1.54, 1.807) is 0 Å². The number of aromatic nitrogens is 1. The number of rotatable bonds is 7. The maximum absolute atomic E-state index is 8.81. The van der Waals surface area contributed by atoms with Crippen LogP contribution >= 0.6 is 0 Å². The Morgan fingerprint density at radius 1 is 1.38 bits per heavy atom. The first kappa shape index (κ1) is 13.1. The van der Waals surface area contributed by atoms with E-state index >= 15 is 0 Å². The van der Waals surface area contributed by atoms with Gasteiger partial charge in [0.25, 0.3) is 0 Å². The van der Waals surface area contributed by atoms with Crippen LogP contribution in [0.25, 0.3) is 0 Å². The van der Waals surface area contributed by atoms with Gasteiger partial charge in [-0.1, -0.05) is 0 Å². The lowest BCUT2D eigenvalue weighted by Crippen LogP contribution is -2.31. The molecule has 0 aliphatic heterocycles. The van der Waals surface area contributed by atoms with E-state index in [2.05, 4.69) is 16.9 Å². The maximum atomic E-state index is 8.81. The van der Waals surface area contributed by atoms with Gasteiger partial charge in [0.15, 0.2) is 0 Å². The van der Waals surface area contributed by atoms with Crippen LogP contribution in [-0.4, -0.2) is 47.8 Å². The fourth-order valence-corrected chi connectivity index (χ4v) is 1.46. The van der Waals surface area contributed by atoms with Crippen LogP contribution in [0.1, 0.15) is 12.0 Å². The number of aliphatic hydroxyl groups excluding tert-OH is 1. The molecule has 3 N–H and O–H groups in total. The van der Waals surface area contributed by atoms with E-state index in [9.17, 15) is 0 Å². The third-order valence-electron chi connectivity index (χ3n) is 2.65. The van der Waals surface area contributed by atoms with Crippen molar-refractivity contribution in [2.75, 3.05) is 26.7 Å². The molecule has 1 heterocycles. The van der Waals surface area contributed by atoms with Crippen LogP contribution in [0.15, 0.2) is 24.5 Å². The predicted octanol–water partition coefficient (Wildman–Crippen LogP) is 0.266. The molecular weight excluding hydrogens is 202 g/mol. The number of likely N-dealkylation sites (N-methyl/N-ethyl adjacent to an activating group) is 1. The molecule has 16 heavy (non-hydrogen) atoms. The molecule has 0 aliphatic rings. The van der Waals surface area contributed by atoms with Crippen LogP contribution in [0.2, 0.25) is 0 Å². The summed E-state index contributed by atoms with van der Waals surface area (Å²) in [7, 11) is 2.07. The highest BCUT2D eigenvalue weighted by molar-refractivity contribution is 5.09. The van der Waals surface area contributed by atoms with Crippen LogP contribution in [0.3, 0.4) is 0 Å². The fourth-order valence-electron chi connectivity index (χ4n) is 1.46. The zero-order valence-corrected chi connectivity index (χ0v) is 9.84.